The number of primary amides is 1. The molecule has 1 aliphatic heterocycles. The molecule has 1 aromatic carbocycles. The molecule has 12 nitrogen and oxygen atoms in total. The Balaban J connectivity index is 0.000000528. The van der Waals surface area contributed by atoms with Crippen molar-refractivity contribution < 1.29 is 23.9 Å². The Labute approximate surface area is 256 Å². The maximum atomic E-state index is 12.1. The van der Waals surface area contributed by atoms with Crippen LogP contribution in [-0.4, -0.2) is 84.4 Å². The van der Waals surface area contributed by atoms with Crippen molar-refractivity contribution >= 4 is 51.5 Å². The van der Waals surface area contributed by atoms with Crippen molar-refractivity contribution in [3.63, 3.8) is 0 Å². The fourth-order valence-corrected chi connectivity index (χ4v) is 3.97. The first-order chi connectivity index (χ1) is 20.3. The molecule has 0 spiro atoms. The number of carbonyl (C=O) groups excluding carboxylic acids is 3. The van der Waals surface area contributed by atoms with E-state index in [2.05, 4.69) is 41.8 Å². The van der Waals surface area contributed by atoms with Crippen molar-refractivity contribution in [3.05, 3.63) is 47.8 Å². The summed E-state index contributed by atoms with van der Waals surface area (Å²) in [5.41, 5.74) is 7.05. The highest BCUT2D eigenvalue weighted by molar-refractivity contribution is 9.09. The highest BCUT2D eigenvalue weighted by Crippen LogP contribution is 2.26. The number of likely N-dealkylation sites (N-methyl/N-ethyl adjacent to an activating group) is 1. The van der Waals surface area contributed by atoms with Gasteiger partial charge in [-0.1, -0.05) is 35.0 Å². The van der Waals surface area contributed by atoms with Crippen LogP contribution in [0.1, 0.15) is 49.3 Å². The molecular formula is C29H42BrN7O5. The van der Waals surface area contributed by atoms with Crippen molar-refractivity contribution in [2.24, 2.45) is 5.73 Å². The van der Waals surface area contributed by atoms with Crippen molar-refractivity contribution in [2.45, 2.75) is 45.6 Å². The summed E-state index contributed by atoms with van der Waals surface area (Å²) in [6, 6.07) is 7.55. The van der Waals surface area contributed by atoms with E-state index in [0.717, 1.165) is 24.7 Å². The van der Waals surface area contributed by atoms with Crippen LogP contribution in [0.4, 0.5) is 17.3 Å². The van der Waals surface area contributed by atoms with Crippen LogP contribution >= 0.6 is 15.9 Å². The number of allylic oxidation sites excluding steroid dienone is 1. The van der Waals surface area contributed by atoms with Gasteiger partial charge in [-0.15, -0.1) is 0 Å². The second-order valence-corrected chi connectivity index (χ2v) is 9.95. The Morgan fingerprint density at radius 1 is 1.21 bits per heavy atom. The molecule has 42 heavy (non-hydrogen) atoms. The number of nitrogens with zero attached hydrogens (tertiary/aromatic N) is 3. The van der Waals surface area contributed by atoms with E-state index in [1.54, 1.807) is 30.2 Å². The summed E-state index contributed by atoms with van der Waals surface area (Å²) in [6.45, 7) is 7.07. The Morgan fingerprint density at radius 2 is 1.98 bits per heavy atom. The molecular weight excluding hydrogens is 606 g/mol. The fourth-order valence-electron chi connectivity index (χ4n) is 3.78. The van der Waals surface area contributed by atoms with Crippen LogP contribution in [0.25, 0.3) is 0 Å². The quantitative estimate of drug-likeness (QED) is 0.0982. The topological polar surface area (TPSA) is 161 Å². The largest absolute Gasteiger partial charge is 0.493 e. The van der Waals surface area contributed by atoms with Crippen LogP contribution in [0.2, 0.25) is 0 Å². The number of rotatable bonds is 15. The van der Waals surface area contributed by atoms with Gasteiger partial charge in [0, 0.05) is 56.5 Å². The van der Waals surface area contributed by atoms with Crippen molar-refractivity contribution in [1.82, 2.24) is 20.2 Å². The van der Waals surface area contributed by atoms with E-state index in [1.165, 1.54) is 0 Å². The summed E-state index contributed by atoms with van der Waals surface area (Å²) in [4.78, 5) is 44.1. The van der Waals surface area contributed by atoms with Gasteiger partial charge in [0.25, 0.3) is 5.91 Å². The lowest BCUT2D eigenvalue weighted by atomic mass is 10.1. The van der Waals surface area contributed by atoms with Crippen LogP contribution in [0, 0.1) is 0 Å². The van der Waals surface area contributed by atoms with Gasteiger partial charge in [-0.2, -0.15) is 0 Å². The van der Waals surface area contributed by atoms with E-state index in [9.17, 15) is 14.4 Å². The van der Waals surface area contributed by atoms with Gasteiger partial charge in [-0.25, -0.2) is 9.97 Å². The smallest absolute Gasteiger partial charge is 0.271 e. The number of nitrogens with one attached hydrogen (secondary N) is 3. The molecule has 13 heteroatoms. The van der Waals surface area contributed by atoms with Gasteiger partial charge >= 0.3 is 0 Å². The first-order valence-corrected chi connectivity index (χ1v) is 15.1. The number of hydrogen-bond acceptors (Lipinski definition) is 9. The van der Waals surface area contributed by atoms with Crippen molar-refractivity contribution in [1.29, 1.82) is 0 Å². The predicted molar refractivity (Wildman–Crippen MR) is 168 cm³/mol. The number of aryl methyl sites for hydroxylation is 1. The maximum Gasteiger partial charge on any atom is 0.271 e. The minimum atomic E-state index is -0.651. The molecule has 0 radical (unpaired) electrons. The molecule has 0 saturated carbocycles. The third kappa shape index (κ3) is 12.0. The normalized spacial score (nSPS) is 13.0. The number of amides is 3. The van der Waals surface area contributed by atoms with Gasteiger partial charge in [-0.05, 0) is 50.8 Å². The number of ether oxygens (including phenoxy) is 2. The second-order valence-electron chi connectivity index (χ2n) is 9.30. The third-order valence-corrected chi connectivity index (χ3v) is 6.59. The third-order valence-electron chi connectivity index (χ3n) is 6.21. The number of alkyl halides is 1. The van der Waals surface area contributed by atoms with E-state index in [1.807, 2.05) is 32.0 Å². The van der Waals surface area contributed by atoms with Gasteiger partial charge < -0.3 is 36.1 Å². The summed E-state index contributed by atoms with van der Waals surface area (Å²) in [7, 11) is 1.78. The molecule has 0 aliphatic carbocycles. The van der Waals surface area contributed by atoms with Gasteiger partial charge in [0.2, 0.25) is 12.3 Å². The molecule has 1 aromatic heterocycles. The average molecular weight is 649 g/mol. The fraction of sp³-hybridized carbons (Fsp3) is 0.483. The predicted octanol–water partition coefficient (Wildman–Crippen LogP) is 3.40. The summed E-state index contributed by atoms with van der Waals surface area (Å²) in [5, 5.41) is 9.93. The molecule has 0 atom stereocenters. The number of benzene rings is 1. The van der Waals surface area contributed by atoms with Crippen LogP contribution in [0.5, 0.6) is 5.75 Å². The van der Waals surface area contributed by atoms with E-state index >= 15 is 0 Å². The molecule has 1 aliphatic rings. The molecule has 0 bridgehead atoms. The molecule has 2 heterocycles. The number of aromatic nitrogens is 2. The van der Waals surface area contributed by atoms with E-state index < -0.39 is 5.91 Å². The van der Waals surface area contributed by atoms with Gasteiger partial charge in [-0.3, -0.25) is 14.4 Å². The van der Waals surface area contributed by atoms with E-state index in [0.29, 0.717) is 68.6 Å². The van der Waals surface area contributed by atoms with Crippen LogP contribution in [0.15, 0.2) is 36.4 Å². The first kappa shape index (κ1) is 34.5. The summed E-state index contributed by atoms with van der Waals surface area (Å²) in [6.07, 6.45) is 7.08. The zero-order valence-electron chi connectivity index (χ0n) is 24.5. The van der Waals surface area contributed by atoms with Gasteiger partial charge in [0.15, 0.2) is 17.3 Å². The molecule has 0 unspecified atom stereocenters. The molecule has 3 rings (SSSR count). The Kier molecular flexibility index (Phi) is 15.9. The summed E-state index contributed by atoms with van der Waals surface area (Å²) < 4.78 is 11.1. The standard InChI is InChI=1S/C22H30N6O4.C7H12BrNO/c1-2-18-21(25-15-7-11-31-12-8-15)28-22(19(27-18)20(23)30)26-16-5-3-6-17(13-16)32-10-4-9-24-14-29;1-3-9(2)7(10)5-4-6-8/h3,5-6,13-15H,2,4,7-12H2,1H3,(H2,23,30)(H,24,29)(H2,25,26,28);4-5H,3,6H2,1-2H3/b;5-4+. The second kappa shape index (κ2) is 19.4. The molecule has 5 N–H and O–H groups in total. The SMILES string of the molecule is CCN(C)C(=O)/C=C/CBr.CCc1nc(C(N)=O)c(Nc2cccc(OCCCNC=O)c2)nc1NC1CCOCC1. The number of anilines is 3. The average Bonchev–Trinajstić information content (AvgIpc) is 3.00. The van der Waals surface area contributed by atoms with Crippen LogP contribution < -0.4 is 26.4 Å². The highest BCUT2D eigenvalue weighted by Gasteiger charge is 2.20. The Bertz CT molecular complexity index is 1180. The van der Waals surface area contributed by atoms with Crippen molar-refractivity contribution in [3.8, 4) is 5.75 Å². The van der Waals surface area contributed by atoms with Gasteiger partial charge in [0.1, 0.15) is 5.75 Å². The van der Waals surface area contributed by atoms with E-state index in [-0.39, 0.29) is 23.5 Å². The summed E-state index contributed by atoms with van der Waals surface area (Å²) in [5.74, 6) is 0.989. The highest BCUT2D eigenvalue weighted by atomic mass is 79.9. The number of carbonyl (C=O) groups is 3. The zero-order valence-corrected chi connectivity index (χ0v) is 26.1. The molecule has 3 amide bonds. The van der Waals surface area contributed by atoms with Crippen molar-refractivity contribution in [2.75, 3.05) is 55.9 Å². The van der Waals surface area contributed by atoms with Gasteiger partial charge in [0.05, 0.1) is 12.3 Å². The Hall–Kier alpha value is -3.71. The molecule has 1 fully saturated rings. The molecule has 2 aromatic rings. The number of halogens is 1. The monoisotopic (exact) mass is 647 g/mol. The summed E-state index contributed by atoms with van der Waals surface area (Å²) >= 11 is 3.19. The lowest BCUT2D eigenvalue weighted by molar-refractivity contribution is -0.124. The molecule has 1 saturated heterocycles. The lowest BCUT2D eigenvalue weighted by Gasteiger charge is -2.25. The molecule has 230 valence electrons. The number of hydrogen-bond donors (Lipinski definition) is 4. The zero-order chi connectivity index (χ0) is 30.7. The minimum absolute atomic E-state index is 0.0574. The minimum Gasteiger partial charge on any atom is -0.493 e. The van der Waals surface area contributed by atoms with E-state index in [4.69, 9.17) is 15.2 Å². The maximum absolute atomic E-state index is 12.1. The first-order valence-electron chi connectivity index (χ1n) is 14.0. The number of nitrogens with two attached hydrogens (primary N) is 1. The Morgan fingerprint density at radius 3 is 2.62 bits per heavy atom. The van der Waals surface area contributed by atoms with Crippen LogP contribution in [0.3, 0.4) is 0 Å². The van der Waals surface area contributed by atoms with Crippen LogP contribution in [-0.2, 0) is 20.7 Å². The lowest BCUT2D eigenvalue weighted by Crippen LogP contribution is -2.29.